The minimum atomic E-state index is -0.737. The molecule has 1 fully saturated rings. The van der Waals surface area contributed by atoms with Crippen LogP contribution in [-0.2, 0) is 16.0 Å². The SMILES string of the molecule is N[C@@H](Cc1ccccc1)C(=O)N[C@@H]1C(=O)N[C@H]1Oc1ccccc1. The molecule has 0 bridgehead atoms. The van der Waals surface area contributed by atoms with Gasteiger partial charge in [-0.2, -0.15) is 0 Å². The summed E-state index contributed by atoms with van der Waals surface area (Å²) in [6.45, 7) is 0. The standard InChI is InChI=1S/C18H19N3O3/c19-14(11-12-7-3-1-4-8-12)16(22)20-15-17(23)21-18(15)24-13-9-5-2-6-10-13/h1-10,14-15,18H,11,19H2,(H,20,22)(H,21,23)/t14-,15+,18-/m0/s1. The Morgan fingerprint density at radius 1 is 1.12 bits per heavy atom. The van der Waals surface area contributed by atoms with Gasteiger partial charge in [0.25, 0.3) is 5.91 Å². The maximum Gasteiger partial charge on any atom is 0.251 e. The summed E-state index contributed by atoms with van der Waals surface area (Å²) in [6.07, 6.45) is -0.182. The van der Waals surface area contributed by atoms with Gasteiger partial charge < -0.3 is 21.1 Å². The molecule has 1 heterocycles. The van der Waals surface area contributed by atoms with Gasteiger partial charge in [-0.3, -0.25) is 9.59 Å². The van der Waals surface area contributed by atoms with Crippen LogP contribution in [0.3, 0.4) is 0 Å². The van der Waals surface area contributed by atoms with Crippen LogP contribution in [0.15, 0.2) is 60.7 Å². The number of hydrogen-bond acceptors (Lipinski definition) is 4. The zero-order valence-electron chi connectivity index (χ0n) is 13.0. The van der Waals surface area contributed by atoms with Crippen molar-refractivity contribution in [1.29, 1.82) is 0 Å². The summed E-state index contributed by atoms with van der Waals surface area (Å²) in [5.74, 6) is -0.0353. The van der Waals surface area contributed by atoms with E-state index in [0.29, 0.717) is 12.2 Å². The second-order valence-electron chi connectivity index (χ2n) is 5.64. The molecule has 124 valence electrons. The summed E-state index contributed by atoms with van der Waals surface area (Å²) in [6, 6.07) is 17.1. The van der Waals surface area contributed by atoms with E-state index in [9.17, 15) is 9.59 Å². The molecule has 6 nitrogen and oxygen atoms in total. The Balaban J connectivity index is 1.55. The van der Waals surface area contributed by atoms with E-state index in [0.717, 1.165) is 5.56 Å². The number of nitrogens with two attached hydrogens (primary N) is 1. The van der Waals surface area contributed by atoms with Gasteiger partial charge in [-0.15, -0.1) is 0 Å². The van der Waals surface area contributed by atoms with Gasteiger partial charge in [-0.05, 0) is 24.1 Å². The van der Waals surface area contributed by atoms with E-state index in [2.05, 4.69) is 10.6 Å². The van der Waals surface area contributed by atoms with Crippen LogP contribution in [0.1, 0.15) is 5.56 Å². The van der Waals surface area contributed by atoms with Crippen molar-refractivity contribution in [2.45, 2.75) is 24.7 Å². The number of benzene rings is 2. The van der Waals surface area contributed by atoms with Crippen molar-refractivity contribution >= 4 is 11.8 Å². The van der Waals surface area contributed by atoms with E-state index in [1.807, 2.05) is 48.5 Å². The topological polar surface area (TPSA) is 93.5 Å². The van der Waals surface area contributed by atoms with E-state index in [1.54, 1.807) is 12.1 Å². The summed E-state index contributed by atoms with van der Waals surface area (Å²) < 4.78 is 5.64. The molecule has 1 aliphatic heterocycles. The fourth-order valence-electron chi connectivity index (χ4n) is 2.46. The van der Waals surface area contributed by atoms with Crippen molar-refractivity contribution in [1.82, 2.24) is 10.6 Å². The lowest BCUT2D eigenvalue weighted by Gasteiger charge is -2.37. The molecule has 24 heavy (non-hydrogen) atoms. The first-order chi connectivity index (χ1) is 11.6. The highest BCUT2D eigenvalue weighted by Gasteiger charge is 2.43. The van der Waals surface area contributed by atoms with E-state index in [1.165, 1.54) is 0 Å². The third-order valence-corrected chi connectivity index (χ3v) is 3.81. The molecule has 0 spiro atoms. The van der Waals surface area contributed by atoms with E-state index < -0.39 is 18.3 Å². The Bertz CT molecular complexity index is 706. The van der Waals surface area contributed by atoms with E-state index >= 15 is 0 Å². The molecule has 1 saturated heterocycles. The van der Waals surface area contributed by atoms with Crippen LogP contribution in [0, 0.1) is 0 Å². The molecule has 0 aliphatic carbocycles. The molecule has 6 heteroatoms. The van der Waals surface area contributed by atoms with Crippen LogP contribution in [0.5, 0.6) is 5.75 Å². The summed E-state index contributed by atoms with van der Waals surface area (Å²) in [5, 5.41) is 5.27. The lowest BCUT2D eigenvalue weighted by Crippen LogP contribution is -2.72. The Morgan fingerprint density at radius 2 is 1.75 bits per heavy atom. The molecule has 4 N–H and O–H groups in total. The Kier molecular flexibility index (Phi) is 4.77. The molecule has 0 aromatic heterocycles. The second kappa shape index (κ2) is 7.14. The second-order valence-corrected chi connectivity index (χ2v) is 5.64. The van der Waals surface area contributed by atoms with Gasteiger partial charge >= 0.3 is 0 Å². The highest BCUT2D eigenvalue weighted by molar-refractivity contribution is 5.94. The maximum absolute atomic E-state index is 12.2. The number of amides is 2. The zero-order chi connectivity index (χ0) is 16.9. The number of para-hydroxylation sites is 1. The third kappa shape index (κ3) is 3.72. The fraction of sp³-hybridized carbons (Fsp3) is 0.222. The highest BCUT2D eigenvalue weighted by Crippen LogP contribution is 2.16. The van der Waals surface area contributed by atoms with Crippen molar-refractivity contribution in [3.05, 3.63) is 66.2 Å². The molecular formula is C18H19N3O3. The average Bonchev–Trinajstić information content (AvgIpc) is 2.61. The number of nitrogens with one attached hydrogen (secondary N) is 2. The molecule has 3 rings (SSSR count). The quantitative estimate of drug-likeness (QED) is 0.677. The number of hydrogen-bond donors (Lipinski definition) is 3. The molecule has 0 saturated carbocycles. The Labute approximate surface area is 140 Å². The third-order valence-electron chi connectivity index (χ3n) is 3.81. The highest BCUT2D eigenvalue weighted by atomic mass is 16.5. The van der Waals surface area contributed by atoms with Crippen LogP contribution in [-0.4, -0.2) is 30.1 Å². The zero-order valence-corrected chi connectivity index (χ0v) is 13.0. The van der Waals surface area contributed by atoms with Crippen LogP contribution in [0.25, 0.3) is 0 Å². The van der Waals surface area contributed by atoms with Gasteiger partial charge in [0.15, 0.2) is 6.04 Å². The largest absolute Gasteiger partial charge is 0.468 e. The Hall–Kier alpha value is -2.86. The van der Waals surface area contributed by atoms with Crippen LogP contribution in [0.2, 0.25) is 0 Å². The van der Waals surface area contributed by atoms with Crippen molar-refractivity contribution in [3.8, 4) is 5.75 Å². The predicted molar refractivity (Wildman–Crippen MR) is 89.1 cm³/mol. The summed E-state index contributed by atoms with van der Waals surface area (Å²) in [4.78, 5) is 23.9. The minimum Gasteiger partial charge on any atom is -0.468 e. The van der Waals surface area contributed by atoms with Gasteiger partial charge in [0.2, 0.25) is 12.1 Å². The number of carbonyl (C=O) groups excluding carboxylic acids is 2. The molecular weight excluding hydrogens is 306 g/mol. The molecule has 1 aliphatic rings. The first-order valence-electron chi connectivity index (χ1n) is 7.75. The minimum absolute atomic E-state index is 0.281. The van der Waals surface area contributed by atoms with Gasteiger partial charge in [0.1, 0.15) is 5.75 Å². The van der Waals surface area contributed by atoms with Crippen molar-refractivity contribution < 1.29 is 14.3 Å². The average molecular weight is 325 g/mol. The monoisotopic (exact) mass is 325 g/mol. The number of β-lactam (4-membered cyclic amide) rings is 1. The lowest BCUT2D eigenvalue weighted by molar-refractivity contribution is -0.143. The molecule has 2 amide bonds. The molecule has 3 atom stereocenters. The summed E-state index contributed by atoms with van der Waals surface area (Å²) in [5.41, 5.74) is 6.90. The first-order valence-corrected chi connectivity index (χ1v) is 7.75. The van der Waals surface area contributed by atoms with Crippen LogP contribution < -0.4 is 21.1 Å². The van der Waals surface area contributed by atoms with Crippen molar-refractivity contribution in [3.63, 3.8) is 0 Å². The van der Waals surface area contributed by atoms with Gasteiger partial charge in [-0.1, -0.05) is 48.5 Å². The maximum atomic E-state index is 12.2. The normalized spacial score (nSPS) is 20.5. The van der Waals surface area contributed by atoms with Gasteiger partial charge in [-0.25, -0.2) is 0 Å². The summed E-state index contributed by atoms with van der Waals surface area (Å²) >= 11 is 0. The van der Waals surface area contributed by atoms with Gasteiger partial charge in [0, 0.05) is 0 Å². The molecule has 2 aromatic rings. The van der Waals surface area contributed by atoms with Crippen molar-refractivity contribution in [2.75, 3.05) is 0 Å². The number of carbonyl (C=O) groups is 2. The molecule has 0 unspecified atom stereocenters. The Morgan fingerprint density at radius 3 is 2.38 bits per heavy atom. The predicted octanol–water partition coefficient (Wildman–Crippen LogP) is 0.576. The number of rotatable bonds is 6. The first kappa shape index (κ1) is 16.0. The molecule has 2 aromatic carbocycles. The van der Waals surface area contributed by atoms with Crippen LogP contribution >= 0.6 is 0 Å². The van der Waals surface area contributed by atoms with E-state index in [4.69, 9.17) is 10.5 Å². The van der Waals surface area contributed by atoms with E-state index in [-0.39, 0.29) is 11.8 Å². The lowest BCUT2D eigenvalue weighted by atomic mass is 10.0. The van der Waals surface area contributed by atoms with Crippen LogP contribution in [0.4, 0.5) is 0 Å². The summed E-state index contributed by atoms with van der Waals surface area (Å²) in [7, 11) is 0. The van der Waals surface area contributed by atoms with Gasteiger partial charge in [0.05, 0.1) is 6.04 Å². The number of ether oxygens (including phenoxy) is 1. The smallest absolute Gasteiger partial charge is 0.251 e. The van der Waals surface area contributed by atoms with Crippen molar-refractivity contribution in [2.24, 2.45) is 5.73 Å². The fourth-order valence-corrected chi connectivity index (χ4v) is 2.46. The molecule has 0 radical (unpaired) electrons.